The van der Waals surface area contributed by atoms with Gasteiger partial charge in [-0.15, -0.1) is 11.3 Å². The largest absolute Gasteiger partial charge is 0.508 e. The Morgan fingerprint density at radius 2 is 1.82 bits per heavy atom. The van der Waals surface area contributed by atoms with Crippen LogP contribution < -0.4 is 10.6 Å². The number of phenolic OH excluding ortho intramolecular Hbond substituents is 1. The SMILES string of the molecule is CC1(CO)C(O)CCC2(C)C(CC(=O)Nc3cccc(O)c3)c3nc(NC(=O)c4c(F)cccc4F)sc3CC12. The lowest BCUT2D eigenvalue weighted by molar-refractivity contribution is -0.143. The Balaban J connectivity index is 1.51. The third kappa shape index (κ3) is 4.86. The van der Waals surface area contributed by atoms with Gasteiger partial charge in [0.2, 0.25) is 5.91 Å². The number of carbonyl (C=O) groups excluding carboxylic acids is 2. The van der Waals surface area contributed by atoms with Crippen LogP contribution in [0.25, 0.3) is 0 Å². The van der Waals surface area contributed by atoms with E-state index in [1.165, 1.54) is 18.2 Å². The van der Waals surface area contributed by atoms with Gasteiger partial charge in [-0.2, -0.15) is 0 Å². The van der Waals surface area contributed by atoms with E-state index in [2.05, 4.69) is 15.6 Å². The Kier molecular flexibility index (Phi) is 7.41. The molecule has 212 valence electrons. The lowest BCUT2D eigenvalue weighted by Crippen LogP contribution is -2.57. The summed E-state index contributed by atoms with van der Waals surface area (Å²) < 4.78 is 28.5. The van der Waals surface area contributed by atoms with Gasteiger partial charge in [0.15, 0.2) is 5.13 Å². The zero-order valence-corrected chi connectivity index (χ0v) is 22.9. The molecular formula is C29H31F2N3O5S. The summed E-state index contributed by atoms with van der Waals surface area (Å²) in [5.41, 5.74) is -1.05. The summed E-state index contributed by atoms with van der Waals surface area (Å²) in [5.74, 6) is -3.92. The number of aliphatic hydroxyl groups is 2. The van der Waals surface area contributed by atoms with E-state index >= 15 is 0 Å². The second-order valence-corrected chi connectivity index (χ2v) is 12.3. The molecule has 1 aromatic heterocycles. The van der Waals surface area contributed by atoms with Gasteiger partial charge in [-0.25, -0.2) is 13.8 Å². The van der Waals surface area contributed by atoms with Gasteiger partial charge in [0.05, 0.1) is 18.4 Å². The lowest BCUT2D eigenvalue weighted by atomic mass is 9.47. The van der Waals surface area contributed by atoms with Crippen LogP contribution in [-0.2, 0) is 11.2 Å². The number of hydrogen-bond donors (Lipinski definition) is 5. The molecular weight excluding hydrogens is 540 g/mol. The van der Waals surface area contributed by atoms with E-state index in [-0.39, 0.29) is 35.7 Å². The number of halogens is 2. The van der Waals surface area contributed by atoms with Crippen molar-refractivity contribution in [2.24, 2.45) is 16.7 Å². The Labute approximate surface area is 234 Å². The third-order valence-corrected chi connectivity index (χ3v) is 9.83. The molecule has 3 aromatic rings. The van der Waals surface area contributed by atoms with Crippen LogP contribution in [0.2, 0.25) is 0 Å². The van der Waals surface area contributed by atoms with Crippen molar-refractivity contribution in [2.45, 2.75) is 51.6 Å². The Morgan fingerprint density at radius 1 is 1.12 bits per heavy atom. The molecule has 11 heteroatoms. The molecule has 2 aromatic carbocycles. The van der Waals surface area contributed by atoms with Crippen molar-refractivity contribution in [1.82, 2.24) is 4.98 Å². The number of nitrogens with one attached hydrogen (secondary N) is 2. The van der Waals surface area contributed by atoms with Crippen molar-refractivity contribution >= 4 is 34.0 Å². The predicted molar refractivity (Wildman–Crippen MR) is 146 cm³/mol. The van der Waals surface area contributed by atoms with Crippen LogP contribution >= 0.6 is 11.3 Å². The van der Waals surface area contributed by atoms with Gasteiger partial charge >= 0.3 is 0 Å². The van der Waals surface area contributed by atoms with Crippen molar-refractivity contribution in [3.63, 3.8) is 0 Å². The molecule has 2 aliphatic rings. The number of benzene rings is 2. The highest BCUT2D eigenvalue weighted by Crippen LogP contribution is 2.62. The maximum atomic E-state index is 14.2. The highest BCUT2D eigenvalue weighted by molar-refractivity contribution is 7.15. The second-order valence-electron chi connectivity index (χ2n) is 11.2. The number of aromatic nitrogens is 1. The van der Waals surface area contributed by atoms with Crippen molar-refractivity contribution in [2.75, 3.05) is 17.2 Å². The predicted octanol–water partition coefficient (Wildman–Crippen LogP) is 4.82. The Hall–Kier alpha value is -3.41. The monoisotopic (exact) mass is 571 g/mol. The fourth-order valence-corrected chi connectivity index (χ4v) is 7.62. The van der Waals surface area contributed by atoms with Gasteiger partial charge < -0.3 is 20.6 Å². The molecule has 8 nitrogen and oxygen atoms in total. The number of fused-ring (bicyclic) bond motifs is 2. The summed E-state index contributed by atoms with van der Waals surface area (Å²) in [7, 11) is 0. The Bertz CT molecular complexity index is 1440. The first kappa shape index (κ1) is 28.1. The van der Waals surface area contributed by atoms with Gasteiger partial charge in [-0.05, 0) is 54.9 Å². The molecule has 5 atom stereocenters. The summed E-state index contributed by atoms with van der Waals surface area (Å²) in [6.45, 7) is 3.64. The van der Waals surface area contributed by atoms with Crippen LogP contribution in [0, 0.1) is 28.4 Å². The highest BCUT2D eigenvalue weighted by atomic mass is 32.1. The standard InChI is InChI=1S/C29H31F2N3O5S/c1-28-10-9-22(37)29(2,14-35)21(28)13-20-25(17(28)12-23(38)32-15-5-3-6-16(36)11-15)33-27(40-20)34-26(39)24-18(30)7-4-8-19(24)31/h3-8,11,17,21-22,35-37H,9-10,12-14H2,1-2H3,(H,32,38)(H,33,34,39). The van der Waals surface area contributed by atoms with E-state index in [4.69, 9.17) is 0 Å². The molecule has 0 aliphatic heterocycles. The molecule has 5 rings (SSSR count). The highest BCUT2D eigenvalue weighted by Gasteiger charge is 2.59. The minimum atomic E-state index is -0.994. The molecule has 1 saturated carbocycles. The van der Waals surface area contributed by atoms with Crippen LogP contribution in [0.4, 0.5) is 19.6 Å². The van der Waals surface area contributed by atoms with Crippen LogP contribution in [0.15, 0.2) is 42.5 Å². The first-order chi connectivity index (χ1) is 19.0. The minimum Gasteiger partial charge on any atom is -0.508 e. The average Bonchev–Trinajstić information content (AvgIpc) is 3.29. The fourth-order valence-electron chi connectivity index (χ4n) is 6.55. The summed E-state index contributed by atoms with van der Waals surface area (Å²) >= 11 is 1.16. The molecule has 5 unspecified atom stereocenters. The normalized spacial score (nSPS) is 27.4. The van der Waals surface area contributed by atoms with Crippen molar-refractivity contribution in [3.05, 3.63) is 70.2 Å². The number of rotatable bonds is 6. The number of aliphatic hydroxyl groups excluding tert-OH is 2. The number of phenols is 1. The molecule has 0 radical (unpaired) electrons. The number of carbonyl (C=O) groups is 2. The van der Waals surface area contributed by atoms with Crippen LogP contribution in [-0.4, -0.2) is 44.8 Å². The zero-order valence-electron chi connectivity index (χ0n) is 22.1. The minimum absolute atomic E-state index is 0.0101. The van der Waals surface area contributed by atoms with Crippen molar-refractivity contribution in [3.8, 4) is 5.75 Å². The number of nitrogens with zero attached hydrogens (tertiary/aromatic N) is 1. The second kappa shape index (κ2) is 10.5. The molecule has 1 fully saturated rings. The molecule has 5 N–H and O–H groups in total. The summed E-state index contributed by atoms with van der Waals surface area (Å²) in [5, 5.41) is 36.6. The van der Waals surface area contributed by atoms with E-state index in [9.17, 15) is 33.7 Å². The maximum Gasteiger partial charge on any atom is 0.263 e. The van der Waals surface area contributed by atoms with E-state index in [0.29, 0.717) is 30.6 Å². The molecule has 40 heavy (non-hydrogen) atoms. The van der Waals surface area contributed by atoms with Crippen molar-refractivity contribution in [1.29, 1.82) is 0 Å². The van der Waals surface area contributed by atoms with E-state index < -0.39 is 46.0 Å². The average molecular weight is 572 g/mol. The lowest BCUT2D eigenvalue weighted by Gasteiger charge is -2.58. The molecule has 0 bridgehead atoms. The van der Waals surface area contributed by atoms with E-state index in [0.717, 1.165) is 28.3 Å². The molecule has 2 aliphatic carbocycles. The van der Waals surface area contributed by atoms with E-state index in [1.54, 1.807) is 12.1 Å². The van der Waals surface area contributed by atoms with Crippen LogP contribution in [0.3, 0.4) is 0 Å². The van der Waals surface area contributed by atoms with Gasteiger partial charge in [0, 0.05) is 34.4 Å². The number of anilines is 2. The first-order valence-corrected chi connectivity index (χ1v) is 13.9. The summed E-state index contributed by atoms with van der Waals surface area (Å²) in [6, 6.07) is 9.38. The smallest absolute Gasteiger partial charge is 0.263 e. The molecule has 0 spiro atoms. The topological polar surface area (TPSA) is 132 Å². The number of amides is 2. The van der Waals surface area contributed by atoms with Gasteiger partial charge in [0.1, 0.15) is 22.9 Å². The molecule has 0 saturated heterocycles. The third-order valence-electron chi connectivity index (χ3n) is 8.82. The van der Waals surface area contributed by atoms with E-state index in [1.807, 2.05) is 13.8 Å². The first-order valence-electron chi connectivity index (χ1n) is 13.1. The maximum absolute atomic E-state index is 14.2. The number of hydrogen-bond acceptors (Lipinski definition) is 7. The van der Waals surface area contributed by atoms with Crippen LogP contribution in [0.5, 0.6) is 5.75 Å². The van der Waals surface area contributed by atoms with Crippen LogP contribution in [0.1, 0.15) is 60.0 Å². The summed E-state index contributed by atoms with van der Waals surface area (Å²) in [4.78, 5) is 31.5. The van der Waals surface area contributed by atoms with Crippen molar-refractivity contribution < 1.29 is 33.7 Å². The molecule has 1 heterocycles. The van der Waals surface area contributed by atoms with Gasteiger partial charge in [-0.1, -0.05) is 26.0 Å². The quantitative estimate of drug-likeness (QED) is 0.288. The summed E-state index contributed by atoms with van der Waals surface area (Å²) in [6.07, 6.45) is 0.746. The number of aromatic hydroxyl groups is 1. The zero-order chi connectivity index (χ0) is 28.8. The van der Waals surface area contributed by atoms with Gasteiger partial charge in [-0.3, -0.25) is 14.9 Å². The Morgan fingerprint density at radius 3 is 2.50 bits per heavy atom. The number of thiazole rings is 1. The fraction of sp³-hybridized carbons (Fsp3) is 0.414. The van der Waals surface area contributed by atoms with Gasteiger partial charge in [0.25, 0.3) is 5.91 Å². The molecule has 2 amide bonds.